The molecule has 42 heavy (non-hydrogen) atoms. The Labute approximate surface area is 271 Å². The Morgan fingerprint density at radius 2 is 1.50 bits per heavy atom. The minimum absolute atomic E-state index is 0.0210. The molecule has 3 amide bonds. The van der Waals surface area contributed by atoms with Gasteiger partial charge in [0.05, 0.1) is 33.5 Å². The second kappa shape index (κ2) is 10.0. The quantitative estimate of drug-likeness (QED) is 0.156. The lowest BCUT2D eigenvalue weighted by molar-refractivity contribution is -0.139. The van der Waals surface area contributed by atoms with Crippen molar-refractivity contribution in [2.24, 2.45) is 17.8 Å². The molecule has 0 N–H and O–H groups in total. The van der Waals surface area contributed by atoms with Crippen molar-refractivity contribution >= 4 is 105 Å². The van der Waals surface area contributed by atoms with E-state index in [0.29, 0.717) is 5.56 Å². The first kappa shape index (κ1) is 30.0. The summed E-state index contributed by atoms with van der Waals surface area (Å²) in [6, 6.07) is 12.1. The van der Waals surface area contributed by atoms with Gasteiger partial charge in [-0.2, -0.15) is 0 Å². The number of amides is 3. The molecule has 2 aromatic rings. The maximum Gasteiger partial charge on any atom is 0.316 e. The number of rotatable bonds is 5. The number of nitrogens with zero attached hydrogens (tertiary/aromatic N) is 2. The van der Waals surface area contributed by atoms with E-state index in [1.807, 2.05) is 31.2 Å². The number of hydrogen-bond acceptors (Lipinski definition) is 5. The third-order valence-corrected chi connectivity index (χ3v) is 12.9. The van der Waals surface area contributed by atoms with E-state index >= 15 is 0 Å². The molecule has 0 spiro atoms. The number of hydrogen-bond donors (Lipinski definition) is 0. The van der Waals surface area contributed by atoms with Crippen LogP contribution in [-0.2, 0) is 25.6 Å². The van der Waals surface area contributed by atoms with E-state index < -0.39 is 49.6 Å². The molecular weight excluding hydrogens is 669 g/mol. The number of carbonyl (C=O) groups excluding carboxylic acids is 4. The van der Waals surface area contributed by atoms with Crippen molar-refractivity contribution < 1.29 is 23.9 Å². The zero-order chi connectivity index (χ0) is 30.5. The summed E-state index contributed by atoms with van der Waals surface area (Å²) in [5, 5.41) is -0.341. The molecule has 220 valence electrons. The molecule has 2 aliphatic heterocycles. The van der Waals surface area contributed by atoms with Crippen molar-refractivity contribution in [2.45, 2.75) is 40.8 Å². The van der Waals surface area contributed by atoms with E-state index in [2.05, 4.69) is 0 Å². The van der Waals surface area contributed by atoms with Crippen molar-refractivity contribution in [3.63, 3.8) is 0 Å². The minimum atomic E-state index is -2.02. The van der Waals surface area contributed by atoms with Crippen molar-refractivity contribution in [3.05, 3.63) is 63.7 Å². The number of benzene rings is 2. The topological polar surface area (TPSA) is 84.0 Å². The van der Waals surface area contributed by atoms with Crippen molar-refractivity contribution in [1.82, 2.24) is 0 Å². The van der Waals surface area contributed by atoms with E-state index in [-0.39, 0.29) is 40.4 Å². The number of carbonyl (C=O) groups is 4. The van der Waals surface area contributed by atoms with Crippen LogP contribution in [0.4, 0.5) is 11.4 Å². The van der Waals surface area contributed by atoms with Crippen molar-refractivity contribution in [3.8, 4) is 5.75 Å². The third-order valence-electron chi connectivity index (χ3n) is 8.65. The molecular formula is C29H22Cl6N2O5. The van der Waals surface area contributed by atoms with E-state index in [1.54, 1.807) is 11.8 Å². The predicted octanol–water partition coefficient (Wildman–Crippen LogP) is 6.47. The summed E-state index contributed by atoms with van der Waals surface area (Å²) in [6.07, 6.45) is 0.901. The molecule has 13 heteroatoms. The van der Waals surface area contributed by atoms with Gasteiger partial charge in [0, 0.05) is 18.7 Å². The first-order valence-corrected chi connectivity index (χ1v) is 15.4. The second-order valence-electron chi connectivity index (χ2n) is 10.9. The molecule has 6 rings (SSSR count). The highest BCUT2D eigenvalue weighted by Gasteiger charge is 2.87. The van der Waals surface area contributed by atoms with Gasteiger partial charge >= 0.3 is 5.97 Å². The highest BCUT2D eigenvalue weighted by molar-refractivity contribution is 6.67. The van der Waals surface area contributed by atoms with E-state index in [9.17, 15) is 19.2 Å². The molecule has 0 radical (unpaired) electrons. The average molecular weight is 691 g/mol. The van der Waals surface area contributed by atoms with Gasteiger partial charge in [0.25, 0.3) is 0 Å². The molecule has 4 aliphatic rings. The number of alkyl halides is 4. The fourth-order valence-electron chi connectivity index (χ4n) is 6.40. The normalized spacial score (nSPS) is 31.4. The Kier molecular flexibility index (Phi) is 7.16. The first-order chi connectivity index (χ1) is 19.7. The van der Waals surface area contributed by atoms with Crippen molar-refractivity contribution in [1.29, 1.82) is 0 Å². The maximum atomic E-state index is 13.7. The monoisotopic (exact) mass is 688 g/mol. The Hall–Kier alpha value is -2.00. The molecule has 2 bridgehead atoms. The Morgan fingerprint density at radius 1 is 0.929 bits per heavy atom. The zero-order valence-corrected chi connectivity index (χ0v) is 26.6. The largest absolute Gasteiger partial charge is 0.426 e. The summed E-state index contributed by atoms with van der Waals surface area (Å²) in [7, 11) is 0. The van der Waals surface area contributed by atoms with Gasteiger partial charge in [0.2, 0.25) is 17.7 Å². The molecule has 0 unspecified atom stereocenters. The van der Waals surface area contributed by atoms with Gasteiger partial charge in [-0.3, -0.25) is 19.2 Å². The van der Waals surface area contributed by atoms with Gasteiger partial charge in [-0.25, -0.2) is 4.90 Å². The van der Waals surface area contributed by atoms with E-state index in [1.165, 1.54) is 18.2 Å². The van der Waals surface area contributed by atoms with Crippen LogP contribution < -0.4 is 14.5 Å². The number of ether oxygens (including phenoxy) is 1. The zero-order valence-electron chi connectivity index (χ0n) is 22.1. The lowest BCUT2D eigenvalue weighted by atomic mass is 9.84. The number of anilines is 2. The Morgan fingerprint density at radius 3 is 2.02 bits per heavy atom. The van der Waals surface area contributed by atoms with E-state index in [0.717, 1.165) is 22.6 Å². The third kappa shape index (κ3) is 3.80. The summed E-state index contributed by atoms with van der Waals surface area (Å²) in [5.41, 5.74) is 2.56. The fraction of sp³-hybridized carbons (Fsp3) is 0.379. The maximum absolute atomic E-state index is 13.7. The van der Waals surface area contributed by atoms with Gasteiger partial charge in [-0.05, 0) is 54.8 Å². The molecule has 1 saturated carbocycles. The van der Waals surface area contributed by atoms with Crippen LogP contribution in [0.25, 0.3) is 0 Å². The van der Waals surface area contributed by atoms with Gasteiger partial charge in [-0.15, -0.1) is 23.2 Å². The summed E-state index contributed by atoms with van der Waals surface area (Å²) in [5.74, 6) is -5.08. The minimum Gasteiger partial charge on any atom is -0.426 e. The second-order valence-corrected chi connectivity index (χ2v) is 14.2. The number of allylic oxidation sites excluding steroid dienone is 2. The molecule has 5 atom stereocenters. The van der Waals surface area contributed by atoms with Crippen LogP contribution >= 0.6 is 69.6 Å². The summed E-state index contributed by atoms with van der Waals surface area (Å²) in [4.78, 5) is 51.7. The number of imide groups is 1. The molecule has 0 aromatic heterocycles. The van der Waals surface area contributed by atoms with Crippen LogP contribution in [0, 0.1) is 24.7 Å². The molecule has 7 nitrogen and oxygen atoms in total. The summed E-state index contributed by atoms with van der Waals surface area (Å²) < 4.78 is 3.58. The molecule has 2 aliphatic carbocycles. The molecule has 2 heterocycles. The van der Waals surface area contributed by atoms with Gasteiger partial charge in [-0.1, -0.05) is 65.5 Å². The number of fused-ring (bicyclic) bond motifs is 5. The molecule has 2 aromatic carbocycles. The Balaban J connectivity index is 1.20. The number of esters is 1. The van der Waals surface area contributed by atoms with E-state index in [4.69, 9.17) is 74.3 Å². The van der Waals surface area contributed by atoms with Gasteiger partial charge < -0.3 is 9.64 Å². The molecule has 3 fully saturated rings. The first-order valence-electron chi connectivity index (χ1n) is 13.1. The highest BCUT2D eigenvalue weighted by Crippen LogP contribution is 2.77. The predicted molar refractivity (Wildman–Crippen MR) is 163 cm³/mol. The van der Waals surface area contributed by atoms with Gasteiger partial charge in [0.1, 0.15) is 15.5 Å². The molecule has 2 saturated heterocycles. The SMILES string of the molecule is CCc1ccc(N2C[C@H](C(=O)Oc3ccc(N4C(=O)[C@@H]5[C@@H](C4=O)[C@@]4(Cl)C(Cl)=C(Cl)[C@@]5(Cl)C4(Cl)Cl)c(C)c3)CC2=O)cc1. The van der Waals surface area contributed by atoms with Crippen LogP contribution in [0.3, 0.4) is 0 Å². The Bertz CT molecular complexity index is 1560. The van der Waals surface area contributed by atoms with Crippen LogP contribution in [0.15, 0.2) is 52.5 Å². The lowest BCUT2D eigenvalue weighted by Crippen LogP contribution is -2.50. The number of aryl methyl sites for hydroxylation is 2. The summed E-state index contributed by atoms with van der Waals surface area (Å²) in [6.45, 7) is 3.89. The smallest absolute Gasteiger partial charge is 0.316 e. The fourth-order valence-corrected chi connectivity index (χ4v) is 9.33. The van der Waals surface area contributed by atoms with Crippen LogP contribution in [0.2, 0.25) is 0 Å². The van der Waals surface area contributed by atoms with Crippen molar-refractivity contribution in [2.75, 3.05) is 16.3 Å². The van der Waals surface area contributed by atoms with Crippen LogP contribution in [-0.4, -0.2) is 44.3 Å². The standard InChI is InChI=1S/C29H22Cl6N2O5/c1-3-14-4-6-16(7-5-14)36-12-15(11-19(36)38)26(41)42-17-8-9-18(13(2)10-17)37-24(39)20-21(25(37)40)28(33)23(31)22(30)27(20,32)29(28,34)35/h4-10,15,20-21H,3,11-12H2,1-2H3/t15-,20+,21+,27-,28-/m1/s1. The summed E-state index contributed by atoms with van der Waals surface area (Å²) >= 11 is 39.4. The van der Waals surface area contributed by atoms with Gasteiger partial charge in [0.15, 0.2) is 4.33 Å². The number of halogens is 6. The van der Waals surface area contributed by atoms with Crippen LogP contribution in [0.1, 0.15) is 24.5 Å². The van der Waals surface area contributed by atoms with Crippen LogP contribution in [0.5, 0.6) is 5.75 Å². The average Bonchev–Trinajstić information content (AvgIpc) is 3.54. The lowest BCUT2D eigenvalue weighted by Gasteiger charge is -2.34. The highest BCUT2D eigenvalue weighted by atomic mass is 35.5.